The van der Waals surface area contributed by atoms with Crippen molar-refractivity contribution >= 4 is 28.8 Å². The lowest BCUT2D eigenvalue weighted by molar-refractivity contribution is -0.143. The molecule has 3 N–H and O–H groups in total. The van der Waals surface area contributed by atoms with Crippen LogP contribution in [0.1, 0.15) is 59.4 Å². The van der Waals surface area contributed by atoms with E-state index >= 15 is 0 Å². The lowest BCUT2D eigenvalue weighted by Crippen LogP contribution is -2.44. The highest BCUT2D eigenvalue weighted by Gasteiger charge is 2.42. The number of anilines is 1. The summed E-state index contributed by atoms with van der Waals surface area (Å²) in [5.74, 6) is -2.39. The fourth-order valence-electron chi connectivity index (χ4n) is 5.47. The summed E-state index contributed by atoms with van der Waals surface area (Å²) in [6, 6.07) is 6.87. The number of halogens is 7. The van der Waals surface area contributed by atoms with Crippen LogP contribution in [0.5, 0.6) is 0 Å². The highest BCUT2D eigenvalue weighted by atomic mass is 32.1. The second kappa shape index (κ2) is 12.9. The summed E-state index contributed by atoms with van der Waals surface area (Å²) in [6.07, 6.45) is -10.1. The number of likely N-dealkylation sites (tertiary alicyclic amines) is 1. The topological polar surface area (TPSA) is 114 Å². The van der Waals surface area contributed by atoms with E-state index in [-0.39, 0.29) is 54.7 Å². The molecule has 7 nitrogen and oxygen atoms in total. The molecule has 0 aliphatic carbocycles. The molecule has 3 aromatic rings. The minimum Gasteiger partial charge on any atom is -0.480 e. The molecule has 1 aliphatic heterocycles. The third-order valence-corrected chi connectivity index (χ3v) is 9.77. The van der Waals surface area contributed by atoms with Gasteiger partial charge in [0.1, 0.15) is 17.5 Å². The van der Waals surface area contributed by atoms with E-state index in [1.807, 2.05) is 6.07 Å². The van der Waals surface area contributed by atoms with Crippen molar-refractivity contribution in [2.24, 2.45) is 0 Å². The van der Waals surface area contributed by atoms with Crippen molar-refractivity contribution in [2.45, 2.75) is 57.0 Å². The van der Waals surface area contributed by atoms with Crippen LogP contribution in [0.4, 0.5) is 36.4 Å². The Morgan fingerprint density at radius 2 is 1.55 bits per heavy atom. The molecule has 0 amide bonds. The Morgan fingerprint density at radius 3 is 2.04 bits per heavy atom. The summed E-state index contributed by atoms with van der Waals surface area (Å²) < 4.78 is 95.2. The number of aliphatic carboxylic acids is 1. The number of rotatable bonds is 9. The fourth-order valence-corrected chi connectivity index (χ4v) is 6.93. The van der Waals surface area contributed by atoms with Gasteiger partial charge in [0.25, 0.3) is 0 Å². The largest absolute Gasteiger partial charge is 0.480 e. The molecule has 0 radical (unpaired) electrons. The van der Waals surface area contributed by atoms with Crippen LogP contribution in [-0.2, 0) is 33.0 Å². The van der Waals surface area contributed by atoms with Crippen molar-refractivity contribution in [2.75, 3.05) is 31.5 Å². The normalized spacial score (nSPS) is 15.7. The van der Waals surface area contributed by atoms with Gasteiger partial charge in [-0.25, -0.2) is 4.39 Å². The number of carboxylic acid groups (broad SMARTS) is 1. The first-order valence-electron chi connectivity index (χ1n) is 14.2. The molecule has 2 aromatic carbocycles. The van der Waals surface area contributed by atoms with E-state index in [4.69, 9.17) is 5.11 Å². The second-order valence-corrected chi connectivity index (χ2v) is 13.0. The highest BCUT2D eigenvalue weighted by Crippen LogP contribution is 2.49. The van der Waals surface area contributed by atoms with E-state index in [9.17, 15) is 50.7 Å². The molecule has 0 atom stereocenters. The molecule has 1 aliphatic rings. The predicted octanol–water partition coefficient (Wildman–Crippen LogP) is 7.10. The number of hydrogen-bond acceptors (Lipinski definition) is 7. The number of hydrogen-bond donors (Lipinski definition) is 3. The number of aliphatic hydroxyl groups is 1. The maximum absolute atomic E-state index is 14.0. The Balaban J connectivity index is 1.75. The average molecular weight is 686 g/mol. The first-order chi connectivity index (χ1) is 21.7. The fraction of sp³-hybridized carbons (Fsp3) is 0.406. The predicted molar refractivity (Wildman–Crippen MR) is 159 cm³/mol. The zero-order valence-corrected chi connectivity index (χ0v) is 26.2. The Labute approximate surface area is 269 Å². The number of ketones is 1. The second-order valence-electron chi connectivity index (χ2n) is 12.0. The Kier molecular flexibility index (Phi) is 9.83. The summed E-state index contributed by atoms with van der Waals surface area (Å²) in [6.45, 7) is 3.50. The zero-order chi connectivity index (χ0) is 35.1. The minimum atomic E-state index is -5.12. The number of nitrogens with one attached hydrogen (secondary N) is 1. The molecule has 252 valence electrons. The summed E-state index contributed by atoms with van der Waals surface area (Å²) in [5.41, 5.74) is -6.15. The molecule has 1 aromatic heterocycles. The van der Waals surface area contributed by atoms with Gasteiger partial charge in [-0.15, -0.1) is 11.3 Å². The van der Waals surface area contributed by atoms with Gasteiger partial charge in [0.15, 0.2) is 5.78 Å². The van der Waals surface area contributed by atoms with Crippen LogP contribution in [0.15, 0.2) is 36.4 Å². The average Bonchev–Trinajstić information content (AvgIpc) is 3.34. The van der Waals surface area contributed by atoms with E-state index in [1.165, 1.54) is 32.0 Å². The van der Waals surface area contributed by atoms with Crippen LogP contribution in [-0.4, -0.2) is 53.0 Å². The number of thiophene rings is 1. The third kappa shape index (κ3) is 7.61. The minimum absolute atomic E-state index is 0.0252. The number of alkyl halides is 6. The van der Waals surface area contributed by atoms with Gasteiger partial charge >= 0.3 is 18.3 Å². The van der Waals surface area contributed by atoms with Gasteiger partial charge in [0.05, 0.1) is 50.6 Å². The maximum Gasteiger partial charge on any atom is 0.416 e. The van der Waals surface area contributed by atoms with E-state index in [2.05, 4.69) is 5.32 Å². The van der Waals surface area contributed by atoms with Gasteiger partial charge in [0, 0.05) is 13.1 Å². The van der Waals surface area contributed by atoms with Crippen molar-refractivity contribution in [3.63, 3.8) is 0 Å². The zero-order valence-electron chi connectivity index (χ0n) is 25.4. The molecule has 0 spiro atoms. The van der Waals surface area contributed by atoms with Crippen LogP contribution in [0.3, 0.4) is 0 Å². The number of nitrogens with zero attached hydrogens (tertiary/aromatic N) is 2. The number of Topliss-reactive ketones (excluding diaryl/α,β-unsaturated/α-hetero) is 1. The van der Waals surface area contributed by atoms with Crippen molar-refractivity contribution in [1.29, 1.82) is 5.26 Å². The summed E-state index contributed by atoms with van der Waals surface area (Å²) in [5, 5.41) is 33.9. The standard InChI is InChI=1S/C32H30F7N3O4S/c1-17-10-21(33)4-5-22(17)27-26(23(14-40)28(47-27)30(46)6-8-42(9-7-30)16-25(44)45)41-15-24(43)29(2,3)18-11-19(31(34,35)36)13-20(12-18)32(37,38)39/h4-5,10-13,41,46H,6-9,15-16H2,1-3H3,(H,44,45). The monoisotopic (exact) mass is 685 g/mol. The van der Waals surface area contributed by atoms with Crippen LogP contribution in [0, 0.1) is 24.1 Å². The quantitative estimate of drug-likeness (QED) is 0.206. The van der Waals surface area contributed by atoms with Crippen LogP contribution >= 0.6 is 11.3 Å². The molecular formula is C32H30F7N3O4S. The SMILES string of the molecule is Cc1cc(F)ccc1-c1sc(C2(O)CCN(CC(=O)O)CC2)c(C#N)c1NCC(=O)C(C)(C)c1cc(C(F)(F)F)cc(C(F)(F)F)c1. The Bertz CT molecular complexity index is 1700. The number of carbonyl (C=O) groups excluding carboxylic acids is 1. The highest BCUT2D eigenvalue weighted by molar-refractivity contribution is 7.16. The van der Waals surface area contributed by atoms with Crippen molar-refractivity contribution in [3.05, 3.63) is 74.9 Å². The van der Waals surface area contributed by atoms with E-state index in [1.54, 1.807) is 11.8 Å². The van der Waals surface area contributed by atoms with Crippen LogP contribution < -0.4 is 5.32 Å². The molecular weight excluding hydrogens is 655 g/mol. The first kappa shape index (κ1) is 35.8. The maximum atomic E-state index is 14.0. The van der Waals surface area contributed by atoms with Crippen LogP contribution in [0.25, 0.3) is 10.4 Å². The number of aryl methyl sites for hydroxylation is 1. The first-order valence-corrected chi connectivity index (χ1v) is 15.1. The molecule has 0 bridgehead atoms. The molecule has 1 fully saturated rings. The lowest BCUT2D eigenvalue weighted by Gasteiger charge is -2.37. The summed E-state index contributed by atoms with van der Waals surface area (Å²) in [7, 11) is 0. The van der Waals surface area contributed by atoms with Gasteiger partial charge in [-0.3, -0.25) is 14.5 Å². The van der Waals surface area contributed by atoms with Crippen molar-refractivity contribution in [3.8, 4) is 16.5 Å². The van der Waals surface area contributed by atoms with Gasteiger partial charge in [0.2, 0.25) is 0 Å². The third-order valence-electron chi connectivity index (χ3n) is 8.35. The van der Waals surface area contributed by atoms with Crippen LogP contribution in [0.2, 0.25) is 0 Å². The number of nitriles is 1. The van der Waals surface area contributed by atoms with Gasteiger partial charge in [-0.1, -0.05) is 6.07 Å². The molecule has 2 heterocycles. The summed E-state index contributed by atoms with van der Waals surface area (Å²) in [4.78, 5) is 26.9. The number of piperidine rings is 1. The number of carboxylic acids is 1. The van der Waals surface area contributed by atoms with Gasteiger partial charge in [-0.05, 0) is 80.6 Å². The molecule has 47 heavy (non-hydrogen) atoms. The molecule has 4 rings (SSSR count). The number of benzene rings is 2. The van der Waals surface area contributed by atoms with Gasteiger partial charge < -0.3 is 15.5 Å². The lowest BCUT2D eigenvalue weighted by atomic mass is 9.79. The van der Waals surface area contributed by atoms with Crippen molar-refractivity contribution < 1.29 is 50.5 Å². The summed E-state index contributed by atoms with van der Waals surface area (Å²) >= 11 is 1.02. The molecule has 1 saturated heterocycles. The Morgan fingerprint density at radius 1 is 1.00 bits per heavy atom. The number of carbonyl (C=O) groups is 2. The van der Waals surface area contributed by atoms with E-state index < -0.39 is 64.2 Å². The molecule has 0 saturated carbocycles. The van der Waals surface area contributed by atoms with E-state index in [0.717, 1.165) is 11.3 Å². The van der Waals surface area contributed by atoms with E-state index in [0.29, 0.717) is 28.1 Å². The van der Waals surface area contributed by atoms with Crippen molar-refractivity contribution in [1.82, 2.24) is 4.90 Å². The molecule has 0 unspecified atom stereocenters. The van der Waals surface area contributed by atoms with Gasteiger partial charge in [-0.2, -0.15) is 31.6 Å². The smallest absolute Gasteiger partial charge is 0.416 e. The molecule has 15 heteroatoms. The Hall–Kier alpha value is -4.00.